The second-order valence-corrected chi connectivity index (χ2v) is 5.35. The van der Waals surface area contributed by atoms with Gasteiger partial charge in [0.1, 0.15) is 0 Å². The molecule has 0 fully saturated rings. The van der Waals surface area contributed by atoms with E-state index in [1.54, 1.807) is 18.0 Å². The van der Waals surface area contributed by atoms with Crippen LogP contribution in [0.3, 0.4) is 0 Å². The molecule has 19 heavy (non-hydrogen) atoms. The van der Waals surface area contributed by atoms with Gasteiger partial charge in [-0.05, 0) is 37.3 Å². The Morgan fingerprint density at radius 1 is 1.16 bits per heavy atom. The number of rotatable bonds is 2. The van der Waals surface area contributed by atoms with Crippen molar-refractivity contribution in [2.45, 2.75) is 6.92 Å². The van der Waals surface area contributed by atoms with Gasteiger partial charge < -0.3 is 10.6 Å². The number of hydrogen-bond acceptors (Lipinski definition) is 2. The zero-order valence-electron chi connectivity index (χ0n) is 10.9. The number of aryl methyl sites for hydroxylation is 1. The van der Waals surface area contributed by atoms with Crippen LogP contribution < -0.4 is 10.6 Å². The maximum absolute atomic E-state index is 12.4. The Balaban J connectivity index is 2.30. The van der Waals surface area contributed by atoms with Gasteiger partial charge in [-0.2, -0.15) is 0 Å². The molecule has 2 aromatic carbocycles. The van der Waals surface area contributed by atoms with Gasteiger partial charge in [0.2, 0.25) is 0 Å². The molecule has 4 heteroatoms. The number of nitrogens with zero attached hydrogens (tertiary/aromatic N) is 1. The molecule has 0 saturated heterocycles. The smallest absolute Gasteiger partial charge is 0.258 e. The molecule has 2 N–H and O–H groups in total. The Kier molecular flexibility index (Phi) is 3.90. The second kappa shape index (κ2) is 5.45. The lowest BCUT2D eigenvalue weighted by Crippen LogP contribution is -2.26. The average Bonchev–Trinajstić information content (AvgIpc) is 2.38. The fraction of sp³-hybridized carbons (Fsp3) is 0.133. The molecule has 0 aliphatic rings. The fourth-order valence-electron chi connectivity index (χ4n) is 1.83. The second-order valence-electron chi connectivity index (χ2n) is 4.43. The lowest BCUT2D eigenvalue weighted by molar-refractivity contribution is 0.0993. The third-order valence-electron chi connectivity index (χ3n) is 2.95. The molecule has 0 radical (unpaired) electrons. The highest BCUT2D eigenvalue weighted by atomic mass is 79.9. The van der Waals surface area contributed by atoms with E-state index in [0.717, 1.165) is 10.0 Å². The van der Waals surface area contributed by atoms with E-state index in [0.29, 0.717) is 16.9 Å². The quantitative estimate of drug-likeness (QED) is 0.860. The van der Waals surface area contributed by atoms with Gasteiger partial charge in [-0.1, -0.05) is 33.6 Å². The average molecular weight is 319 g/mol. The predicted octanol–water partition coefficient (Wildman–Crippen LogP) is 3.62. The van der Waals surface area contributed by atoms with E-state index in [-0.39, 0.29) is 5.91 Å². The normalized spacial score (nSPS) is 10.3. The largest absolute Gasteiger partial charge is 0.397 e. The molecule has 0 aliphatic heterocycles. The Labute approximate surface area is 121 Å². The summed E-state index contributed by atoms with van der Waals surface area (Å²) in [6.07, 6.45) is 0. The van der Waals surface area contributed by atoms with Crippen LogP contribution in [0.2, 0.25) is 0 Å². The van der Waals surface area contributed by atoms with Gasteiger partial charge in [0.05, 0.1) is 11.4 Å². The van der Waals surface area contributed by atoms with E-state index in [9.17, 15) is 4.79 Å². The SMILES string of the molecule is Cc1ccc(C(=O)N(C)c2ccc(Br)cc2N)cc1. The zero-order valence-corrected chi connectivity index (χ0v) is 12.4. The third kappa shape index (κ3) is 2.96. The van der Waals surface area contributed by atoms with Crippen molar-refractivity contribution in [1.29, 1.82) is 0 Å². The number of halogens is 1. The van der Waals surface area contributed by atoms with Crippen LogP contribution in [-0.2, 0) is 0 Å². The van der Waals surface area contributed by atoms with Crippen LogP contribution in [0.25, 0.3) is 0 Å². The Morgan fingerprint density at radius 3 is 2.37 bits per heavy atom. The molecular formula is C15H15BrN2O. The predicted molar refractivity (Wildman–Crippen MR) is 82.5 cm³/mol. The molecule has 0 heterocycles. The van der Waals surface area contributed by atoms with Crippen LogP contribution in [0.5, 0.6) is 0 Å². The Morgan fingerprint density at radius 2 is 1.79 bits per heavy atom. The summed E-state index contributed by atoms with van der Waals surface area (Å²) in [6, 6.07) is 13.0. The van der Waals surface area contributed by atoms with E-state index in [4.69, 9.17) is 5.73 Å². The van der Waals surface area contributed by atoms with Gasteiger partial charge in [0.15, 0.2) is 0 Å². The minimum absolute atomic E-state index is 0.0750. The van der Waals surface area contributed by atoms with E-state index < -0.39 is 0 Å². The van der Waals surface area contributed by atoms with Gasteiger partial charge in [-0.25, -0.2) is 0 Å². The molecule has 2 rings (SSSR count). The first-order chi connectivity index (χ1) is 8.99. The maximum Gasteiger partial charge on any atom is 0.258 e. The number of carbonyl (C=O) groups excluding carboxylic acids is 1. The summed E-state index contributed by atoms with van der Waals surface area (Å²) in [7, 11) is 1.72. The van der Waals surface area contributed by atoms with Crippen molar-refractivity contribution in [3.05, 3.63) is 58.1 Å². The van der Waals surface area contributed by atoms with Gasteiger partial charge in [-0.3, -0.25) is 4.79 Å². The highest BCUT2D eigenvalue weighted by Crippen LogP contribution is 2.26. The van der Waals surface area contributed by atoms with Crippen molar-refractivity contribution < 1.29 is 4.79 Å². The minimum atomic E-state index is -0.0750. The van der Waals surface area contributed by atoms with Crippen molar-refractivity contribution in [3.63, 3.8) is 0 Å². The molecular weight excluding hydrogens is 304 g/mol. The highest BCUT2D eigenvalue weighted by Gasteiger charge is 2.15. The van der Waals surface area contributed by atoms with Gasteiger partial charge in [0, 0.05) is 17.1 Å². The summed E-state index contributed by atoms with van der Waals surface area (Å²) >= 11 is 3.35. The molecule has 2 aromatic rings. The van der Waals surface area contributed by atoms with Gasteiger partial charge >= 0.3 is 0 Å². The number of carbonyl (C=O) groups is 1. The van der Waals surface area contributed by atoms with Crippen LogP contribution in [0.15, 0.2) is 46.9 Å². The summed E-state index contributed by atoms with van der Waals surface area (Å²) in [5.41, 5.74) is 8.98. The molecule has 1 amide bonds. The molecule has 0 aliphatic carbocycles. The number of hydrogen-bond donors (Lipinski definition) is 1. The molecule has 0 unspecified atom stereocenters. The minimum Gasteiger partial charge on any atom is -0.397 e. The number of amides is 1. The Bertz CT molecular complexity index is 608. The Hall–Kier alpha value is -1.81. The number of benzene rings is 2. The molecule has 0 atom stereocenters. The van der Waals surface area contributed by atoms with Crippen molar-refractivity contribution in [1.82, 2.24) is 0 Å². The van der Waals surface area contributed by atoms with Crippen molar-refractivity contribution in [3.8, 4) is 0 Å². The van der Waals surface area contributed by atoms with Crippen LogP contribution in [0.4, 0.5) is 11.4 Å². The molecule has 3 nitrogen and oxygen atoms in total. The first-order valence-electron chi connectivity index (χ1n) is 5.89. The standard InChI is InChI=1S/C15H15BrN2O/c1-10-3-5-11(6-4-10)15(19)18(2)14-8-7-12(16)9-13(14)17/h3-9H,17H2,1-2H3. The lowest BCUT2D eigenvalue weighted by Gasteiger charge is -2.19. The lowest BCUT2D eigenvalue weighted by atomic mass is 10.1. The van der Waals surface area contributed by atoms with E-state index in [1.165, 1.54) is 0 Å². The summed E-state index contributed by atoms with van der Waals surface area (Å²) in [5.74, 6) is -0.0750. The van der Waals surface area contributed by atoms with Crippen molar-refractivity contribution in [2.75, 3.05) is 17.7 Å². The molecule has 0 saturated carbocycles. The van der Waals surface area contributed by atoms with Gasteiger partial charge in [0.25, 0.3) is 5.91 Å². The first kappa shape index (κ1) is 13.6. The number of anilines is 2. The van der Waals surface area contributed by atoms with E-state index in [1.807, 2.05) is 43.3 Å². The maximum atomic E-state index is 12.4. The van der Waals surface area contributed by atoms with Crippen molar-refractivity contribution in [2.24, 2.45) is 0 Å². The third-order valence-corrected chi connectivity index (χ3v) is 3.45. The highest BCUT2D eigenvalue weighted by molar-refractivity contribution is 9.10. The van der Waals surface area contributed by atoms with Crippen LogP contribution in [0.1, 0.15) is 15.9 Å². The molecule has 98 valence electrons. The van der Waals surface area contributed by atoms with Gasteiger partial charge in [-0.15, -0.1) is 0 Å². The summed E-state index contributed by atoms with van der Waals surface area (Å²) in [4.78, 5) is 13.9. The monoisotopic (exact) mass is 318 g/mol. The summed E-state index contributed by atoms with van der Waals surface area (Å²) in [5, 5.41) is 0. The number of nitrogen functional groups attached to an aromatic ring is 1. The molecule has 0 aromatic heterocycles. The number of nitrogens with two attached hydrogens (primary N) is 1. The van der Waals surface area contributed by atoms with E-state index in [2.05, 4.69) is 15.9 Å². The summed E-state index contributed by atoms with van der Waals surface area (Å²) in [6.45, 7) is 1.99. The van der Waals surface area contributed by atoms with Crippen LogP contribution >= 0.6 is 15.9 Å². The topological polar surface area (TPSA) is 46.3 Å². The van der Waals surface area contributed by atoms with Crippen LogP contribution in [-0.4, -0.2) is 13.0 Å². The zero-order chi connectivity index (χ0) is 14.0. The molecule has 0 bridgehead atoms. The fourth-order valence-corrected chi connectivity index (χ4v) is 2.21. The summed E-state index contributed by atoms with van der Waals surface area (Å²) < 4.78 is 0.893. The van der Waals surface area contributed by atoms with Crippen LogP contribution in [0, 0.1) is 6.92 Å². The first-order valence-corrected chi connectivity index (χ1v) is 6.68. The van der Waals surface area contributed by atoms with Crippen molar-refractivity contribution >= 4 is 33.2 Å². The molecule has 0 spiro atoms. The van der Waals surface area contributed by atoms with E-state index >= 15 is 0 Å².